The van der Waals surface area contributed by atoms with Gasteiger partial charge < -0.3 is 4.90 Å². The maximum atomic E-state index is 11.2. The first-order chi connectivity index (χ1) is 8.88. The van der Waals surface area contributed by atoms with Crippen molar-refractivity contribution in [2.75, 3.05) is 18.0 Å². The summed E-state index contributed by atoms with van der Waals surface area (Å²) in [6, 6.07) is 3.79. The molecule has 0 saturated heterocycles. The maximum absolute atomic E-state index is 11.2. The van der Waals surface area contributed by atoms with Crippen LogP contribution in [0.5, 0.6) is 0 Å². The fraction of sp³-hybridized carbons (Fsp3) is 0.500. The van der Waals surface area contributed by atoms with Crippen LogP contribution in [0.25, 0.3) is 0 Å². The highest BCUT2D eigenvalue weighted by Gasteiger charge is 2.21. The van der Waals surface area contributed by atoms with E-state index in [1.54, 1.807) is 19.2 Å². The Hall–Kier alpha value is -1.64. The van der Waals surface area contributed by atoms with Gasteiger partial charge in [-0.1, -0.05) is 32.4 Å². The van der Waals surface area contributed by atoms with E-state index in [0.717, 1.165) is 25.2 Å². The fourth-order valence-corrected chi connectivity index (χ4v) is 2.37. The van der Waals surface area contributed by atoms with E-state index in [2.05, 4.69) is 36.7 Å². The third-order valence-electron chi connectivity index (χ3n) is 3.65. The van der Waals surface area contributed by atoms with Gasteiger partial charge in [0.05, 0.1) is 11.9 Å². The number of carbonyl (C=O) groups excluding carboxylic acids is 1. The zero-order chi connectivity index (χ0) is 14.0. The summed E-state index contributed by atoms with van der Waals surface area (Å²) in [7, 11) is 0. The summed E-state index contributed by atoms with van der Waals surface area (Å²) >= 11 is 0. The molecule has 3 nitrogen and oxygen atoms in total. The minimum atomic E-state index is 0.0140. The van der Waals surface area contributed by atoms with Crippen molar-refractivity contribution < 1.29 is 4.79 Å². The Balaban J connectivity index is 2.09. The summed E-state index contributed by atoms with van der Waals surface area (Å²) in [4.78, 5) is 17.7. The first-order valence-electron chi connectivity index (χ1n) is 6.79. The van der Waals surface area contributed by atoms with E-state index < -0.39 is 0 Å². The van der Waals surface area contributed by atoms with Gasteiger partial charge in [-0.05, 0) is 24.0 Å². The molecule has 0 bridgehead atoms. The van der Waals surface area contributed by atoms with Crippen LogP contribution in [0.3, 0.4) is 0 Å². The average Bonchev–Trinajstić information content (AvgIpc) is 2.38. The zero-order valence-corrected chi connectivity index (χ0v) is 12.2. The molecule has 0 unspecified atom stereocenters. The minimum Gasteiger partial charge on any atom is -0.366 e. The summed E-state index contributed by atoms with van der Waals surface area (Å²) in [6.45, 7) is 10.3. The quantitative estimate of drug-likeness (QED) is 0.601. The molecule has 2 heterocycles. The van der Waals surface area contributed by atoms with E-state index in [9.17, 15) is 4.79 Å². The molecule has 0 radical (unpaired) electrons. The Morgan fingerprint density at radius 2 is 2.05 bits per heavy atom. The van der Waals surface area contributed by atoms with Crippen molar-refractivity contribution >= 4 is 11.5 Å². The Morgan fingerprint density at radius 3 is 2.47 bits per heavy atom. The maximum Gasteiger partial charge on any atom is 0.178 e. The van der Waals surface area contributed by atoms with Gasteiger partial charge >= 0.3 is 0 Å². The van der Waals surface area contributed by atoms with E-state index in [-0.39, 0.29) is 11.2 Å². The molecule has 2 rings (SSSR count). The number of anilines is 1. The Labute approximate surface area is 115 Å². The molecule has 1 aromatic heterocycles. The molecule has 1 aliphatic heterocycles. The van der Waals surface area contributed by atoms with Gasteiger partial charge in [0.25, 0.3) is 0 Å². The number of hydrogen-bond acceptors (Lipinski definition) is 3. The number of rotatable bonds is 2. The lowest BCUT2D eigenvalue weighted by atomic mass is 9.83. The molecular weight excluding hydrogens is 236 g/mol. The molecule has 0 aromatic carbocycles. The molecule has 0 fully saturated rings. The predicted molar refractivity (Wildman–Crippen MR) is 78.6 cm³/mol. The smallest absolute Gasteiger partial charge is 0.178 e. The van der Waals surface area contributed by atoms with Crippen molar-refractivity contribution in [2.24, 2.45) is 5.41 Å². The molecule has 0 saturated carbocycles. The van der Waals surface area contributed by atoms with Crippen LogP contribution in [0.4, 0.5) is 5.69 Å². The van der Waals surface area contributed by atoms with Gasteiger partial charge in [-0.2, -0.15) is 0 Å². The summed E-state index contributed by atoms with van der Waals surface area (Å²) in [5, 5.41) is 0. The lowest BCUT2D eigenvalue weighted by molar-refractivity contribution is 0.101. The minimum absolute atomic E-state index is 0.0140. The Morgan fingerprint density at radius 1 is 1.32 bits per heavy atom. The molecule has 3 heteroatoms. The molecule has 19 heavy (non-hydrogen) atoms. The molecule has 102 valence electrons. The van der Waals surface area contributed by atoms with E-state index in [1.807, 2.05) is 6.07 Å². The molecule has 1 aliphatic rings. The van der Waals surface area contributed by atoms with Gasteiger partial charge in [0.1, 0.15) is 5.69 Å². The summed E-state index contributed by atoms with van der Waals surface area (Å²) in [6.07, 6.45) is 5.22. The van der Waals surface area contributed by atoms with E-state index >= 15 is 0 Å². The highest BCUT2D eigenvalue weighted by atomic mass is 16.1. The molecular formula is C16H22N2O. The van der Waals surface area contributed by atoms with E-state index in [4.69, 9.17) is 0 Å². The first kappa shape index (κ1) is 13.8. The van der Waals surface area contributed by atoms with Gasteiger partial charge in [-0.25, -0.2) is 0 Å². The summed E-state index contributed by atoms with van der Waals surface area (Å²) < 4.78 is 0. The predicted octanol–water partition coefficient (Wildman–Crippen LogP) is 3.47. The SMILES string of the molecule is CC(=O)c1ccc(N2CC=C(C(C)(C)C)CC2)cn1. The number of aromatic nitrogens is 1. The second-order valence-corrected chi connectivity index (χ2v) is 6.13. The second kappa shape index (κ2) is 5.16. The Kier molecular flexibility index (Phi) is 3.74. The van der Waals surface area contributed by atoms with E-state index in [0.29, 0.717) is 5.69 Å². The Bertz CT molecular complexity index is 494. The van der Waals surface area contributed by atoms with Gasteiger partial charge in [0, 0.05) is 20.0 Å². The topological polar surface area (TPSA) is 33.2 Å². The number of nitrogens with zero attached hydrogens (tertiary/aromatic N) is 2. The van der Waals surface area contributed by atoms with Crippen LogP contribution in [0.2, 0.25) is 0 Å². The van der Waals surface area contributed by atoms with Crippen LogP contribution in [-0.2, 0) is 0 Å². The average molecular weight is 258 g/mol. The number of hydrogen-bond donors (Lipinski definition) is 0. The van der Waals surface area contributed by atoms with Crippen molar-refractivity contribution in [3.63, 3.8) is 0 Å². The van der Waals surface area contributed by atoms with Crippen LogP contribution < -0.4 is 4.90 Å². The van der Waals surface area contributed by atoms with Crippen molar-refractivity contribution in [3.05, 3.63) is 35.7 Å². The zero-order valence-electron chi connectivity index (χ0n) is 12.2. The summed E-state index contributed by atoms with van der Waals surface area (Å²) in [5.74, 6) is 0.0140. The molecule has 1 aromatic rings. The van der Waals surface area contributed by atoms with Crippen molar-refractivity contribution in [2.45, 2.75) is 34.1 Å². The fourth-order valence-electron chi connectivity index (χ4n) is 2.37. The van der Waals surface area contributed by atoms with Crippen molar-refractivity contribution in [3.8, 4) is 0 Å². The highest BCUT2D eigenvalue weighted by Crippen LogP contribution is 2.31. The standard InChI is InChI=1S/C16H22N2O/c1-12(19)15-6-5-14(11-17-15)18-9-7-13(8-10-18)16(2,3)4/h5-7,11H,8-10H2,1-4H3. The van der Waals surface area contributed by atoms with Gasteiger partial charge in [0.2, 0.25) is 0 Å². The van der Waals surface area contributed by atoms with Crippen LogP contribution in [0.15, 0.2) is 30.0 Å². The van der Waals surface area contributed by atoms with E-state index in [1.165, 1.54) is 5.57 Å². The van der Waals surface area contributed by atoms with Crippen molar-refractivity contribution in [1.29, 1.82) is 0 Å². The highest BCUT2D eigenvalue weighted by molar-refractivity contribution is 5.92. The summed E-state index contributed by atoms with van der Waals surface area (Å²) in [5.41, 5.74) is 3.42. The van der Waals surface area contributed by atoms with Crippen LogP contribution in [0.1, 0.15) is 44.6 Å². The largest absolute Gasteiger partial charge is 0.366 e. The molecule has 0 atom stereocenters. The lowest BCUT2D eigenvalue weighted by Crippen LogP contribution is -2.31. The van der Waals surface area contributed by atoms with Crippen LogP contribution >= 0.6 is 0 Å². The van der Waals surface area contributed by atoms with Gasteiger partial charge in [-0.15, -0.1) is 0 Å². The number of Topliss-reactive ketones (excluding diaryl/α,β-unsaturated/α-hetero) is 1. The molecule has 0 spiro atoms. The van der Waals surface area contributed by atoms with Gasteiger partial charge in [-0.3, -0.25) is 9.78 Å². The molecule has 0 amide bonds. The first-order valence-corrected chi connectivity index (χ1v) is 6.79. The number of ketones is 1. The lowest BCUT2D eigenvalue weighted by Gasteiger charge is -2.33. The number of carbonyl (C=O) groups is 1. The normalized spacial score (nSPS) is 16.2. The van der Waals surface area contributed by atoms with Crippen molar-refractivity contribution in [1.82, 2.24) is 4.98 Å². The second-order valence-electron chi connectivity index (χ2n) is 6.13. The molecule has 0 aliphatic carbocycles. The number of pyridine rings is 1. The third-order valence-corrected chi connectivity index (χ3v) is 3.65. The third kappa shape index (κ3) is 3.22. The van der Waals surface area contributed by atoms with Crippen LogP contribution in [-0.4, -0.2) is 23.9 Å². The molecule has 0 N–H and O–H groups in total. The van der Waals surface area contributed by atoms with Crippen LogP contribution in [0, 0.1) is 5.41 Å². The monoisotopic (exact) mass is 258 g/mol. The van der Waals surface area contributed by atoms with Gasteiger partial charge in [0.15, 0.2) is 5.78 Å².